The number of cyclic esters (lactones) is 1. The van der Waals surface area contributed by atoms with Gasteiger partial charge in [-0.2, -0.15) is 0 Å². The summed E-state index contributed by atoms with van der Waals surface area (Å²) in [5.74, 6) is 6.48. The van der Waals surface area contributed by atoms with Gasteiger partial charge in [0, 0.05) is 5.41 Å². The van der Waals surface area contributed by atoms with Gasteiger partial charge in [-0.25, -0.2) is 0 Å². The van der Waals surface area contributed by atoms with Crippen LogP contribution < -0.4 is 0 Å². The van der Waals surface area contributed by atoms with Crippen molar-refractivity contribution in [3.05, 3.63) is 0 Å². The van der Waals surface area contributed by atoms with Gasteiger partial charge >= 0.3 is 5.97 Å². The summed E-state index contributed by atoms with van der Waals surface area (Å²) in [6.07, 6.45) is 17.6. The summed E-state index contributed by atoms with van der Waals surface area (Å²) < 4.78 is 5.47. The van der Waals surface area contributed by atoms with Gasteiger partial charge in [0.2, 0.25) is 0 Å². The number of fused-ring (bicyclic) bond motifs is 5. The Bertz CT molecular complexity index is 714. The minimum atomic E-state index is 0.0650. The molecule has 2 heteroatoms. The SMILES string of the molecule is CC(C)CCC[C@@H](C)[C@H]1CC[C@H]2[C@@H]3CC[C@H]4C[C@]5(CC[C@]4(C)[C@H]3CC[C@]12C)COC(=O)C5. The van der Waals surface area contributed by atoms with Gasteiger partial charge in [-0.1, -0.05) is 53.9 Å². The first-order chi connectivity index (χ1) is 15.2. The van der Waals surface area contributed by atoms with Crippen LogP contribution in [-0.2, 0) is 9.53 Å². The predicted molar refractivity (Wildman–Crippen MR) is 131 cm³/mol. The lowest BCUT2D eigenvalue weighted by atomic mass is 9.42. The molecular formula is C30H50O2. The van der Waals surface area contributed by atoms with Crippen molar-refractivity contribution in [1.82, 2.24) is 0 Å². The van der Waals surface area contributed by atoms with Crippen LogP contribution in [0.25, 0.3) is 0 Å². The maximum Gasteiger partial charge on any atom is 0.306 e. The molecule has 32 heavy (non-hydrogen) atoms. The third-order valence-corrected chi connectivity index (χ3v) is 12.2. The third-order valence-electron chi connectivity index (χ3n) is 12.2. The Morgan fingerprint density at radius 1 is 0.906 bits per heavy atom. The van der Waals surface area contributed by atoms with Gasteiger partial charge in [0.15, 0.2) is 0 Å². The second kappa shape index (κ2) is 8.30. The fraction of sp³-hybridized carbons (Fsp3) is 0.967. The van der Waals surface area contributed by atoms with Crippen LogP contribution >= 0.6 is 0 Å². The van der Waals surface area contributed by atoms with E-state index < -0.39 is 0 Å². The van der Waals surface area contributed by atoms with Gasteiger partial charge < -0.3 is 4.74 Å². The Morgan fingerprint density at radius 3 is 2.41 bits per heavy atom. The second-order valence-electron chi connectivity index (χ2n) is 14.2. The topological polar surface area (TPSA) is 26.3 Å². The highest BCUT2D eigenvalue weighted by Crippen LogP contribution is 2.70. The lowest BCUT2D eigenvalue weighted by Gasteiger charge is -2.62. The molecule has 5 fully saturated rings. The number of esters is 1. The number of carbonyl (C=O) groups excluding carboxylic acids is 1. The molecule has 0 N–H and O–H groups in total. The minimum Gasteiger partial charge on any atom is -0.465 e. The highest BCUT2D eigenvalue weighted by Gasteiger charge is 2.62. The normalized spacial score (nSPS) is 48.9. The molecule has 9 atom stereocenters. The highest BCUT2D eigenvalue weighted by molar-refractivity contribution is 5.72. The van der Waals surface area contributed by atoms with Crippen molar-refractivity contribution in [3.8, 4) is 0 Å². The summed E-state index contributed by atoms with van der Waals surface area (Å²) in [5.41, 5.74) is 1.31. The monoisotopic (exact) mass is 442 g/mol. The van der Waals surface area contributed by atoms with E-state index in [2.05, 4.69) is 34.6 Å². The first-order valence-corrected chi connectivity index (χ1v) is 14.3. The van der Waals surface area contributed by atoms with Crippen molar-refractivity contribution in [2.24, 2.45) is 57.7 Å². The Labute approximate surface area is 198 Å². The summed E-state index contributed by atoms with van der Waals surface area (Å²) in [6, 6.07) is 0. The average Bonchev–Trinajstić information content (AvgIpc) is 3.28. The van der Waals surface area contributed by atoms with Crippen LogP contribution in [0.5, 0.6) is 0 Å². The smallest absolute Gasteiger partial charge is 0.306 e. The summed E-state index contributed by atoms with van der Waals surface area (Å²) in [4.78, 5) is 11.9. The van der Waals surface area contributed by atoms with Crippen molar-refractivity contribution in [3.63, 3.8) is 0 Å². The molecule has 5 rings (SSSR count). The van der Waals surface area contributed by atoms with E-state index in [1.165, 1.54) is 77.0 Å². The van der Waals surface area contributed by atoms with E-state index in [0.717, 1.165) is 41.4 Å². The number of hydrogen-bond acceptors (Lipinski definition) is 2. The predicted octanol–water partition coefficient (Wildman–Crippen LogP) is 8.04. The molecule has 1 heterocycles. The van der Waals surface area contributed by atoms with E-state index in [4.69, 9.17) is 4.74 Å². The largest absolute Gasteiger partial charge is 0.465 e. The van der Waals surface area contributed by atoms with E-state index in [-0.39, 0.29) is 11.4 Å². The molecule has 1 saturated heterocycles. The number of rotatable bonds is 5. The zero-order valence-electron chi connectivity index (χ0n) is 21.8. The van der Waals surface area contributed by atoms with Gasteiger partial charge in [-0.15, -0.1) is 0 Å². The summed E-state index contributed by atoms with van der Waals surface area (Å²) in [5, 5.41) is 0. The van der Waals surface area contributed by atoms with Crippen molar-refractivity contribution in [1.29, 1.82) is 0 Å². The maximum atomic E-state index is 11.9. The van der Waals surface area contributed by atoms with Crippen LogP contribution in [0.4, 0.5) is 0 Å². The average molecular weight is 443 g/mol. The molecular weight excluding hydrogens is 392 g/mol. The first kappa shape index (κ1) is 23.2. The number of carbonyl (C=O) groups is 1. The van der Waals surface area contributed by atoms with Gasteiger partial charge in [0.1, 0.15) is 0 Å². The first-order valence-electron chi connectivity index (χ1n) is 14.3. The standard InChI is InChI=1S/C30H50O2/c1-20(2)7-6-8-21(3)24-11-12-25-23-10-9-22-17-30(18-27(31)32-19-30)16-15-28(22,4)26(23)13-14-29(24,25)5/h20-26H,6-19H2,1-5H3/t21-,22+,23+,24-,25+,26+,28+,29-,30+/m1/s1. The van der Waals surface area contributed by atoms with Crippen LogP contribution in [0.15, 0.2) is 0 Å². The van der Waals surface area contributed by atoms with E-state index in [9.17, 15) is 4.79 Å². The molecule has 5 aliphatic rings. The quantitative estimate of drug-likeness (QED) is 0.403. The van der Waals surface area contributed by atoms with Gasteiger partial charge in [0.05, 0.1) is 13.0 Å². The minimum absolute atomic E-state index is 0.0650. The number of hydrogen-bond donors (Lipinski definition) is 0. The molecule has 4 aliphatic carbocycles. The van der Waals surface area contributed by atoms with Gasteiger partial charge in [0.25, 0.3) is 0 Å². The molecule has 1 aliphatic heterocycles. The third kappa shape index (κ3) is 3.69. The maximum absolute atomic E-state index is 11.9. The van der Waals surface area contributed by atoms with Crippen LogP contribution in [0, 0.1) is 57.7 Å². The Balaban J connectivity index is 1.28. The Kier molecular flexibility index (Phi) is 6.02. The molecule has 182 valence electrons. The fourth-order valence-electron chi connectivity index (χ4n) is 10.4. The van der Waals surface area contributed by atoms with Crippen molar-refractivity contribution in [2.75, 3.05) is 6.61 Å². The van der Waals surface area contributed by atoms with E-state index >= 15 is 0 Å². The number of ether oxygens (including phenoxy) is 1. The summed E-state index contributed by atoms with van der Waals surface area (Å²) >= 11 is 0. The summed E-state index contributed by atoms with van der Waals surface area (Å²) in [7, 11) is 0. The molecule has 0 amide bonds. The second-order valence-corrected chi connectivity index (χ2v) is 14.2. The van der Waals surface area contributed by atoms with Crippen LogP contribution in [0.2, 0.25) is 0 Å². The van der Waals surface area contributed by atoms with Gasteiger partial charge in [-0.05, 0) is 110 Å². The lowest BCUT2D eigenvalue weighted by Crippen LogP contribution is -2.55. The molecule has 0 unspecified atom stereocenters. The van der Waals surface area contributed by atoms with Gasteiger partial charge in [-0.3, -0.25) is 4.79 Å². The van der Waals surface area contributed by atoms with Crippen LogP contribution in [0.1, 0.15) is 118 Å². The lowest BCUT2D eigenvalue weighted by molar-refractivity contribution is -0.138. The van der Waals surface area contributed by atoms with E-state index in [1.807, 2.05) is 0 Å². The van der Waals surface area contributed by atoms with E-state index in [0.29, 0.717) is 23.9 Å². The molecule has 1 spiro atoms. The summed E-state index contributed by atoms with van der Waals surface area (Å²) in [6.45, 7) is 13.4. The highest BCUT2D eigenvalue weighted by atomic mass is 16.5. The molecule has 0 aromatic carbocycles. The Hall–Kier alpha value is -0.530. The molecule has 0 aromatic heterocycles. The molecule has 0 radical (unpaired) electrons. The van der Waals surface area contributed by atoms with Crippen molar-refractivity contribution < 1.29 is 9.53 Å². The molecule has 4 saturated carbocycles. The molecule has 2 nitrogen and oxygen atoms in total. The van der Waals surface area contributed by atoms with Crippen LogP contribution in [-0.4, -0.2) is 12.6 Å². The zero-order chi connectivity index (χ0) is 22.7. The Morgan fingerprint density at radius 2 is 1.69 bits per heavy atom. The fourth-order valence-corrected chi connectivity index (χ4v) is 10.4. The van der Waals surface area contributed by atoms with E-state index in [1.54, 1.807) is 0 Å². The van der Waals surface area contributed by atoms with Crippen molar-refractivity contribution >= 4 is 5.97 Å². The molecule has 0 bridgehead atoms. The zero-order valence-corrected chi connectivity index (χ0v) is 21.8. The van der Waals surface area contributed by atoms with Crippen molar-refractivity contribution in [2.45, 2.75) is 118 Å². The van der Waals surface area contributed by atoms with Crippen LogP contribution in [0.3, 0.4) is 0 Å². The molecule has 0 aromatic rings.